The standard InChI is InChI=1S/C19H22ClN5O/c1-21-19(23-12-17-4-2-3-9-22-17)25-11-10-24(18(26)14-25)13-15-5-7-16(20)8-6-15/h2-9H,10-14H2,1H3,(H,21,23). The van der Waals surface area contributed by atoms with E-state index in [-0.39, 0.29) is 5.91 Å². The fraction of sp³-hybridized carbons (Fsp3) is 0.316. The van der Waals surface area contributed by atoms with E-state index < -0.39 is 0 Å². The fourth-order valence-electron chi connectivity index (χ4n) is 2.87. The Hall–Kier alpha value is -2.60. The lowest BCUT2D eigenvalue weighted by atomic mass is 10.2. The molecule has 3 rings (SSSR count). The topological polar surface area (TPSA) is 60.8 Å². The van der Waals surface area contributed by atoms with Crippen LogP contribution in [0.3, 0.4) is 0 Å². The Morgan fingerprint density at radius 1 is 1.23 bits per heavy atom. The van der Waals surface area contributed by atoms with Crippen molar-refractivity contribution in [3.05, 3.63) is 64.9 Å². The predicted octanol–water partition coefficient (Wildman–Crippen LogP) is 2.15. The lowest BCUT2D eigenvalue weighted by molar-refractivity contribution is -0.135. The summed E-state index contributed by atoms with van der Waals surface area (Å²) in [5, 5.41) is 3.98. The molecule has 1 amide bonds. The molecule has 0 unspecified atom stereocenters. The summed E-state index contributed by atoms with van der Waals surface area (Å²) in [5.74, 6) is 0.808. The molecule has 0 aliphatic carbocycles. The van der Waals surface area contributed by atoms with Crippen LogP contribution in [-0.4, -0.2) is 53.3 Å². The number of carbonyl (C=O) groups excluding carboxylic acids is 1. The first kappa shape index (κ1) is 18.2. The van der Waals surface area contributed by atoms with Crippen LogP contribution in [0.1, 0.15) is 11.3 Å². The Bertz CT molecular complexity index is 763. The maximum Gasteiger partial charge on any atom is 0.242 e. The number of piperazine rings is 1. The second-order valence-corrected chi connectivity index (χ2v) is 6.52. The number of amides is 1. The minimum absolute atomic E-state index is 0.0898. The number of aliphatic imine (C=N–C) groups is 1. The van der Waals surface area contributed by atoms with Gasteiger partial charge in [-0.05, 0) is 29.8 Å². The molecule has 1 aromatic carbocycles. The van der Waals surface area contributed by atoms with Gasteiger partial charge in [-0.1, -0.05) is 29.8 Å². The van der Waals surface area contributed by atoms with E-state index in [2.05, 4.69) is 15.3 Å². The summed E-state index contributed by atoms with van der Waals surface area (Å²) in [6.07, 6.45) is 1.76. The molecule has 0 atom stereocenters. The summed E-state index contributed by atoms with van der Waals surface area (Å²) in [5.41, 5.74) is 2.01. The Morgan fingerprint density at radius 3 is 2.69 bits per heavy atom. The van der Waals surface area contributed by atoms with Crippen LogP contribution in [-0.2, 0) is 17.9 Å². The van der Waals surface area contributed by atoms with Crippen molar-refractivity contribution in [2.75, 3.05) is 26.7 Å². The quantitative estimate of drug-likeness (QED) is 0.661. The highest BCUT2D eigenvalue weighted by atomic mass is 35.5. The minimum Gasteiger partial charge on any atom is -0.351 e. The second-order valence-electron chi connectivity index (χ2n) is 6.09. The zero-order valence-corrected chi connectivity index (χ0v) is 15.5. The highest BCUT2D eigenvalue weighted by Crippen LogP contribution is 2.13. The molecule has 26 heavy (non-hydrogen) atoms. The van der Waals surface area contributed by atoms with Crippen molar-refractivity contribution in [2.45, 2.75) is 13.1 Å². The molecule has 0 bridgehead atoms. The fourth-order valence-corrected chi connectivity index (χ4v) is 3.00. The Balaban J connectivity index is 1.54. The Kier molecular flexibility index (Phi) is 6.07. The lowest BCUT2D eigenvalue weighted by Gasteiger charge is -2.36. The molecule has 2 aromatic rings. The SMILES string of the molecule is CN=C(NCc1ccccn1)N1CCN(Cc2ccc(Cl)cc2)C(=O)C1. The summed E-state index contributed by atoms with van der Waals surface area (Å²) in [7, 11) is 1.73. The summed E-state index contributed by atoms with van der Waals surface area (Å²) < 4.78 is 0. The maximum absolute atomic E-state index is 12.5. The van der Waals surface area contributed by atoms with Gasteiger partial charge in [-0.25, -0.2) is 0 Å². The van der Waals surface area contributed by atoms with Crippen molar-refractivity contribution < 1.29 is 4.79 Å². The van der Waals surface area contributed by atoms with E-state index in [0.29, 0.717) is 31.2 Å². The third kappa shape index (κ3) is 4.73. The summed E-state index contributed by atoms with van der Waals surface area (Å²) in [6, 6.07) is 13.4. The van der Waals surface area contributed by atoms with Crippen LogP contribution in [0.25, 0.3) is 0 Å². The van der Waals surface area contributed by atoms with Gasteiger partial charge < -0.3 is 15.1 Å². The third-order valence-electron chi connectivity index (χ3n) is 4.27. The van der Waals surface area contributed by atoms with Gasteiger partial charge in [0.25, 0.3) is 0 Å². The van der Waals surface area contributed by atoms with Gasteiger partial charge in [0.2, 0.25) is 5.91 Å². The van der Waals surface area contributed by atoms with Gasteiger partial charge in [0.15, 0.2) is 5.96 Å². The summed E-state index contributed by atoms with van der Waals surface area (Å²) in [6.45, 7) is 2.89. The van der Waals surface area contributed by atoms with E-state index >= 15 is 0 Å². The van der Waals surface area contributed by atoms with E-state index in [1.54, 1.807) is 13.2 Å². The number of pyridine rings is 1. The van der Waals surface area contributed by atoms with Gasteiger partial charge in [0.1, 0.15) is 0 Å². The predicted molar refractivity (Wildman–Crippen MR) is 103 cm³/mol. The van der Waals surface area contributed by atoms with Gasteiger partial charge in [-0.2, -0.15) is 0 Å². The number of hydrogen-bond donors (Lipinski definition) is 1. The van der Waals surface area contributed by atoms with Gasteiger partial charge in [-0.3, -0.25) is 14.8 Å². The van der Waals surface area contributed by atoms with E-state index in [9.17, 15) is 4.79 Å². The van der Waals surface area contributed by atoms with Crippen LogP contribution in [0.2, 0.25) is 5.02 Å². The normalized spacial score (nSPS) is 15.3. The second kappa shape index (κ2) is 8.67. The van der Waals surface area contributed by atoms with Crippen molar-refractivity contribution in [1.82, 2.24) is 20.1 Å². The summed E-state index contributed by atoms with van der Waals surface area (Å²) in [4.78, 5) is 25.0. The number of halogens is 1. The van der Waals surface area contributed by atoms with E-state index in [1.807, 2.05) is 52.3 Å². The van der Waals surface area contributed by atoms with Crippen molar-refractivity contribution in [1.29, 1.82) is 0 Å². The van der Waals surface area contributed by atoms with Crippen LogP contribution in [0.4, 0.5) is 0 Å². The van der Waals surface area contributed by atoms with Crippen LogP contribution >= 0.6 is 11.6 Å². The van der Waals surface area contributed by atoms with E-state index in [4.69, 9.17) is 11.6 Å². The molecular formula is C19H22ClN5O. The molecule has 6 nitrogen and oxygen atoms in total. The largest absolute Gasteiger partial charge is 0.351 e. The van der Waals surface area contributed by atoms with E-state index in [1.165, 1.54) is 0 Å². The van der Waals surface area contributed by atoms with Crippen LogP contribution in [0.15, 0.2) is 53.7 Å². The first-order valence-corrected chi connectivity index (χ1v) is 8.91. The lowest BCUT2D eigenvalue weighted by Crippen LogP contribution is -2.54. The number of nitrogens with one attached hydrogen (secondary N) is 1. The molecular weight excluding hydrogens is 350 g/mol. The zero-order chi connectivity index (χ0) is 18.4. The molecule has 1 fully saturated rings. The minimum atomic E-state index is 0.0898. The molecule has 2 heterocycles. The van der Waals surface area contributed by atoms with E-state index in [0.717, 1.165) is 23.8 Å². The van der Waals surface area contributed by atoms with Crippen LogP contribution in [0, 0.1) is 0 Å². The Morgan fingerprint density at radius 2 is 2.04 bits per heavy atom. The zero-order valence-electron chi connectivity index (χ0n) is 14.7. The first-order valence-electron chi connectivity index (χ1n) is 8.53. The van der Waals surface area contributed by atoms with Gasteiger partial charge >= 0.3 is 0 Å². The van der Waals surface area contributed by atoms with Gasteiger partial charge in [0.05, 0.1) is 18.8 Å². The van der Waals surface area contributed by atoms with Crippen LogP contribution < -0.4 is 5.32 Å². The number of benzene rings is 1. The Labute approximate surface area is 158 Å². The molecule has 1 aliphatic rings. The van der Waals surface area contributed by atoms with Crippen LogP contribution in [0.5, 0.6) is 0 Å². The first-order chi connectivity index (χ1) is 12.7. The van der Waals surface area contributed by atoms with Crippen molar-refractivity contribution in [2.24, 2.45) is 4.99 Å². The maximum atomic E-state index is 12.5. The monoisotopic (exact) mass is 371 g/mol. The molecule has 136 valence electrons. The average Bonchev–Trinajstić information content (AvgIpc) is 2.67. The molecule has 0 radical (unpaired) electrons. The number of rotatable bonds is 4. The highest BCUT2D eigenvalue weighted by Gasteiger charge is 2.25. The molecule has 1 saturated heterocycles. The molecule has 1 aliphatic heterocycles. The third-order valence-corrected chi connectivity index (χ3v) is 4.52. The number of hydrogen-bond acceptors (Lipinski definition) is 3. The van der Waals surface area contributed by atoms with Crippen molar-refractivity contribution >= 4 is 23.5 Å². The van der Waals surface area contributed by atoms with Crippen molar-refractivity contribution in [3.63, 3.8) is 0 Å². The average molecular weight is 372 g/mol. The highest BCUT2D eigenvalue weighted by molar-refractivity contribution is 6.30. The number of guanidine groups is 1. The van der Waals surface area contributed by atoms with Gasteiger partial charge in [-0.15, -0.1) is 0 Å². The van der Waals surface area contributed by atoms with Gasteiger partial charge in [0, 0.05) is 37.9 Å². The molecule has 1 aromatic heterocycles. The number of nitrogens with zero attached hydrogens (tertiary/aromatic N) is 4. The molecule has 1 N–H and O–H groups in total. The molecule has 0 saturated carbocycles. The van der Waals surface area contributed by atoms with Crippen molar-refractivity contribution in [3.8, 4) is 0 Å². The number of aromatic nitrogens is 1. The summed E-state index contributed by atoms with van der Waals surface area (Å²) >= 11 is 5.92. The molecule has 0 spiro atoms. The number of carbonyl (C=O) groups is 1. The molecule has 7 heteroatoms. The smallest absolute Gasteiger partial charge is 0.242 e.